The van der Waals surface area contributed by atoms with Crippen molar-refractivity contribution in [3.63, 3.8) is 0 Å². The van der Waals surface area contributed by atoms with Crippen molar-refractivity contribution in [1.29, 1.82) is 0 Å². The van der Waals surface area contributed by atoms with Gasteiger partial charge in [0.15, 0.2) is 0 Å². The SMILES string of the molecule is CC(C)N(CC(=O)N(Cc1cccn1Cc1ccccc1)C1CCCCC1)C(=O)c1ccc(Cl)c(Cl)c1. The molecule has 0 saturated heterocycles. The largest absolute Gasteiger partial charge is 0.345 e. The molecule has 0 unspecified atom stereocenters. The lowest BCUT2D eigenvalue weighted by Crippen LogP contribution is -2.49. The molecule has 2 amide bonds. The maximum absolute atomic E-state index is 13.9. The van der Waals surface area contributed by atoms with E-state index in [0.717, 1.165) is 37.9 Å². The van der Waals surface area contributed by atoms with Crippen LogP contribution in [0.15, 0.2) is 66.9 Å². The van der Waals surface area contributed by atoms with Crippen molar-refractivity contribution in [1.82, 2.24) is 14.4 Å². The van der Waals surface area contributed by atoms with E-state index >= 15 is 0 Å². The molecule has 196 valence electrons. The zero-order valence-electron chi connectivity index (χ0n) is 21.6. The van der Waals surface area contributed by atoms with E-state index in [2.05, 4.69) is 29.0 Å². The first kappa shape index (κ1) is 27.3. The van der Waals surface area contributed by atoms with E-state index in [4.69, 9.17) is 23.2 Å². The number of hydrogen-bond donors (Lipinski definition) is 0. The number of aromatic nitrogens is 1. The molecule has 0 N–H and O–H groups in total. The van der Waals surface area contributed by atoms with Crippen LogP contribution < -0.4 is 0 Å². The number of carbonyl (C=O) groups excluding carboxylic acids is 2. The number of amides is 2. The summed E-state index contributed by atoms with van der Waals surface area (Å²) in [7, 11) is 0. The molecule has 0 atom stereocenters. The molecule has 3 aromatic rings. The van der Waals surface area contributed by atoms with Crippen LogP contribution in [0.3, 0.4) is 0 Å². The molecule has 0 radical (unpaired) electrons. The highest BCUT2D eigenvalue weighted by Crippen LogP contribution is 2.26. The third-order valence-corrected chi connectivity index (χ3v) is 7.88. The lowest BCUT2D eigenvalue weighted by Gasteiger charge is -2.37. The molecule has 1 heterocycles. The predicted octanol–water partition coefficient (Wildman–Crippen LogP) is 7.06. The summed E-state index contributed by atoms with van der Waals surface area (Å²) in [4.78, 5) is 30.9. The average molecular weight is 541 g/mol. The molecule has 7 heteroatoms. The maximum Gasteiger partial charge on any atom is 0.254 e. The topological polar surface area (TPSA) is 45.6 Å². The first-order chi connectivity index (χ1) is 17.8. The summed E-state index contributed by atoms with van der Waals surface area (Å²) in [5.74, 6) is -0.251. The van der Waals surface area contributed by atoms with Gasteiger partial charge in [-0.15, -0.1) is 0 Å². The Morgan fingerprint density at radius 3 is 2.35 bits per heavy atom. The van der Waals surface area contributed by atoms with E-state index in [1.54, 1.807) is 23.1 Å². The zero-order valence-corrected chi connectivity index (χ0v) is 23.1. The van der Waals surface area contributed by atoms with E-state index in [-0.39, 0.29) is 30.4 Å². The molecule has 37 heavy (non-hydrogen) atoms. The quantitative estimate of drug-likeness (QED) is 0.292. The van der Waals surface area contributed by atoms with Crippen LogP contribution in [0.4, 0.5) is 0 Å². The third-order valence-electron chi connectivity index (χ3n) is 7.14. The molecule has 4 rings (SSSR count). The fourth-order valence-corrected chi connectivity index (χ4v) is 5.33. The molecule has 0 bridgehead atoms. The van der Waals surface area contributed by atoms with Gasteiger partial charge in [0, 0.05) is 36.1 Å². The van der Waals surface area contributed by atoms with Crippen LogP contribution in [-0.4, -0.2) is 44.8 Å². The number of nitrogens with zero attached hydrogens (tertiary/aromatic N) is 3. The fraction of sp³-hybridized carbons (Fsp3) is 0.400. The molecule has 5 nitrogen and oxygen atoms in total. The Balaban J connectivity index is 1.55. The van der Waals surface area contributed by atoms with Gasteiger partial charge < -0.3 is 14.4 Å². The van der Waals surface area contributed by atoms with Crippen LogP contribution in [0.25, 0.3) is 0 Å². The second-order valence-corrected chi connectivity index (χ2v) is 10.9. The van der Waals surface area contributed by atoms with Gasteiger partial charge in [0.25, 0.3) is 5.91 Å². The van der Waals surface area contributed by atoms with Crippen LogP contribution >= 0.6 is 23.2 Å². The monoisotopic (exact) mass is 539 g/mol. The summed E-state index contributed by atoms with van der Waals surface area (Å²) in [6.45, 7) is 5.16. The number of rotatable bonds is 9. The minimum absolute atomic E-state index is 0.0205. The van der Waals surface area contributed by atoms with Crippen molar-refractivity contribution >= 4 is 35.0 Å². The Morgan fingerprint density at radius 1 is 0.946 bits per heavy atom. The van der Waals surface area contributed by atoms with Gasteiger partial charge in [-0.3, -0.25) is 9.59 Å². The van der Waals surface area contributed by atoms with E-state index in [1.165, 1.54) is 12.0 Å². The fourth-order valence-electron chi connectivity index (χ4n) is 5.04. The van der Waals surface area contributed by atoms with Gasteiger partial charge in [0.1, 0.15) is 6.54 Å². The minimum atomic E-state index is -0.224. The summed E-state index contributed by atoms with van der Waals surface area (Å²) in [5.41, 5.74) is 2.74. The molecule has 1 aromatic heterocycles. The lowest BCUT2D eigenvalue weighted by molar-refractivity contribution is -0.136. The molecule has 1 saturated carbocycles. The number of hydrogen-bond acceptors (Lipinski definition) is 2. The Morgan fingerprint density at radius 2 is 1.68 bits per heavy atom. The summed E-state index contributed by atoms with van der Waals surface area (Å²) in [6.07, 6.45) is 7.50. The van der Waals surface area contributed by atoms with Crippen molar-refractivity contribution in [2.75, 3.05) is 6.54 Å². The highest BCUT2D eigenvalue weighted by molar-refractivity contribution is 6.42. The van der Waals surface area contributed by atoms with Gasteiger partial charge in [-0.05, 0) is 62.6 Å². The average Bonchev–Trinajstić information content (AvgIpc) is 3.34. The molecule has 1 aliphatic rings. The van der Waals surface area contributed by atoms with Gasteiger partial charge in [0.05, 0.1) is 16.6 Å². The van der Waals surface area contributed by atoms with Crippen LogP contribution in [0.1, 0.15) is 67.6 Å². The van der Waals surface area contributed by atoms with E-state index in [9.17, 15) is 9.59 Å². The highest BCUT2D eigenvalue weighted by Gasteiger charge is 2.30. The van der Waals surface area contributed by atoms with Crippen molar-refractivity contribution in [2.45, 2.75) is 71.1 Å². The number of halogens is 2. The van der Waals surface area contributed by atoms with Gasteiger partial charge >= 0.3 is 0 Å². The summed E-state index contributed by atoms with van der Waals surface area (Å²) < 4.78 is 2.21. The molecule has 1 aliphatic carbocycles. The molecule has 0 aliphatic heterocycles. The van der Waals surface area contributed by atoms with Gasteiger partial charge in [-0.2, -0.15) is 0 Å². The lowest BCUT2D eigenvalue weighted by atomic mass is 9.94. The van der Waals surface area contributed by atoms with Crippen molar-refractivity contribution in [3.8, 4) is 0 Å². The smallest absolute Gasteiger partial charge is 0.254 e. The second-order valence-electron chi connectivity index (χ2n) is 10.1. The molecule has 0 spiro atoms. The molecular weight excluding hydrogens is 505 g/mol. The van der Waals surface area contributed by atoms with Crippen molar-refractivity contribution in [3.05, 3.63) is 93.7 Å². The Labute approximate surface area is 230 Å². The normalized spacial score (nSPS) is 14.1. The van der Waals surface area contributed by atoms with Crippen molar-refractivity contribution in [2.24, 2.45) is 0 Å². The van der Waals surface area contributed by atoms with Gasteiger partial charge in [-0.1, -0.05) is 72.8 Å². The highest BCUT2D eigenvalue weighted by atomic mass is 35.5. The Hall–Kier alpha value is -2.76. The molecule has 2 aromatic carbocycles. The maximum atomic E-state index is 13.9. The first-order valence-corrected chi connectivity index (χ1v) is 13.8. The number of benzene rings is 2. The number of carbonyl (C=O) groups is 2. The predicted molar refractivity (Wildman–Crippen MR) is 150 cm³/mol. The third kappa shape index (κ3) is 6.97. The van der Waals surface area contributed by atoms with Gasteiger partial charge in [-0.25, -0.2) is 0 Å². The minimum Gasteiger partial charge on any atom is -0.345 e. The van der Waals surface area contributed by atoms with Crippen LogP contribution in [-0.2, 0) is 17.9 Å². The molecule has 1 fully saturated rings. The van der Waals surface area contributed by atoms with Gasteiger partial charge in [0.2, 0.25) is 5.91 Å². The van der Waals surface area contributed by atoms with Crippen LogP contribution in [0.2, 0.25) is 10.0 Å². The first-order valence-electron chi connectivity index (χ1n) is 13.1. The van der Waals surface area contributed by atoms with Crippen LogP contribution in [0.5, 0.6) is 0 Å². The Bertz CT molecular complexity index is 1200. The van der Waals surface area contributed by atoms with E-state index < -0.39 is 0 Å². The van der Waals surface area contributed by atoms with E-state index in [1.807, 2.05) is 43.0 Å². The van der Waals surface area contributed by atoms with Crippen molar-refractivity contribution < 1.29 is 9.59 Å². The Kier molecular flexibility index (Phi) is 9.33. The summed E-state index contributed by atoms with van der Waals surface area (Å²) >= 11 is 12.2. The van der Waals surface area contributed by atoms with Crippen LogP contribution in [0, 0.1) is 0 Å². The second kappa shape index (κ2) is 12.7. The zero-order chi connectivity index (χ0) is 26.4. The molecular formula is C30H35Cl2N3O2. The standard InChI is InChI=1S/C30H35Cl2N3O2/c1-22(2)34(30(37)24-15-16-27(31)28(32)18-24)21-29(36)35(25-12-7-4-8-13-25)20-26-14-9-17-33(26)19-23-10-5-3-6-11-23/h3,5-6,9-11,14-18,22,25H,4,7-8,12-13,19-21H2,1-2H3. The van der Waals surface area contributed by atoms with E-state index in [0.29, 0.717) is 22.2 Å². The summed E-state index contributed by atoms with van der Waals surface area (Å²) in [5, 5.41) is 0.720. The summed E-state index contributed by atoms with van der Waals surface area (Å²) in [6, 6.07) is 19.3.